The SMILES string of the molecule is Cn1cc([C@@H]2CCCCCN2C(=O)c2cc(-c3ccc(F)cc3)no2)cn1. The van der Waals surface area contributed by atoms with Crippen LogP contribution in [0.15, 0.2) is 47.2 Å². The Labute approximate surface area is 156 Å². The Morgan fingerprint density at radius 1 is 1.22 bits per heavy atom. The Morgan fingerprint density at radius 3 is 2.78 bits per heavy atom. The molecule has 0 bridgehead atoms. The molecule has 0 aliphatic carbocycles. The Balaban J connectivity index is 1.60. The minimum atomic E-state index is -0.317. The molecule has 4 rings (SSSR count). The fourth-order valence-corrected chi connectivity index (χ4v) is 3.58. The number of amides is 1. The maximum absolute atomic E-state index is 13.1. The highest BCUT2D eigenvalue weighted by Crippen LogP contribution is 2.31. The van der Waals surface area contributed by atoms with Crippen molar-refractivity contribution >= 4 is 5.91 Å². The fourth-order valence-electron chi connectivity index (χ4n) is 3.58. The molecule has 0 spiro atoms. The lowest BCUT2D eigenvalue weighted by atomic mass is 10.0. The summed E-state index contributed by atoms with van der Waals surface area (Å²) in [4.78, 5) is 15.0. The summed E-state index contributed by atoms with van der Waals surface area (Å²) in [5, 5.41) is 8.25. The zero-order valence-electron chi connectivity index (χ0n) is 15.1. The van der Waals surface area contributed by atoms with Crippen LogP contribution in [-0.4, -0.2) is 32.3 Å². The standard InChI is InChI=1S/C20H21FN4O2/c1-24-13-15(12-22-24)18-5-3-2-4-10-25(18)20(26)19-11-17(23-27-19)14-6-8-16(21)9-7-14/h6-9,11-13,18H,2-5,10H2,1H3/t18-/m0/s1. The average molecular weight is 368 g/mol. The molecule has 27 heavy (non-hydrogen) atoms. The van der Waals surface area contributed by atoms with E-state index in [0.29, 0.717) is 17.8 Å². The highest BCUT2D eigenvalue weighted by molar-refractivity contribution is 5.92. The van der Waals surface area contributed by atoms with Crippen LogP contribution in [0.5, 0.6) is 0 Å². The summed E-state index contributed by atoms with van der Waals surface area (Å²) in [6.45, 7) is 0.672. The molecule has 1 atom stereocenters. The van der Waals surface area contributed by atoms with E-state index >= 15 is 0 Å². The summed E-state index contributed by atoms with van der Waals surface area (Å²) in [7, 11) is 1.87. The third-order valence-electron chi connectivity index (χ3n) is 4.98. The molecule has 7 heteroatoms. The fraction of sp³-hybridized carbons (Fsp3) is 0.350. The second kappa shape index (κ2) is 7.34. The lowest BCUT2D eigenvalue weighted by Crippen LogP contribution is -2.34. The number of aromatic nitrogens is 3. The smallest absolute Gasteiger partial charge is 0.292 e. The predicted molar refractivity (Wildman–Crippen MR) is 97.4 cm³/mol. The topological polar surface area (TPSA) is 64.2 Å². The zero-order chi connectivity index (χ0) is 18.8. The van der Waals surface area contributed by atoms with Crippen molar-refractivity contribution in [2.24, 2.45) is 7.05 Å². The van der Waals surface area contributed by atoms with Crippen molar-refractivity contribution < 1.29 is 13.7 Å². The Bertz CT molecular complexity index is 932. The molecule has 3 heterocycles. The molecule has 1 aromatic carbocycles. The van der Waals surface area contributed by atoms with Crippen LogP contribution in [0, 0.1) is 5.82 Å². The van der Waals surface area contributed by atoms with Crippen LogP contribution in [-0.2, 0) is 7.05 Å². The van der Waals surface area contributed by atoms with Crippen LogP contribution in [0.4, 0.5) is 4.39 Å². The molecule has 1 fully saturated rings. The van der Waals surface area contributed by atoms with Crippen molar-refractivity contribution in [1.29, 1.82) is 0 Å². The van der Waals surface area contributed by atoms with Gasteiger partial charge in [-0.25, -0.2) is 4.39 Å². The third-order valence-corrected chi connectivity index (χ3v) is 4.98. The molecule has 1 aliphatic rings. The van der Waals surface area contributed by atoms with E-state index in [1.807, 2.05) is 24.3 Å². The van der Waals surface area contributed by atoms with Gasteiger partial charge in [-0.3, -0.25) is 9.48 Å². The van der Waals surface area contributed by atoms with Gasteiger partial charge in [0.25, 0.3) is 5.91 Å². The molecule has 6 nitrogen and oxygen atoms in total. The second-order valence-electron chi connectivity index (χ2n) is 6.89. The van der Waals surface area contributed by atoms with Gasteiger partial charge in [0.1, 0.15) is 11.5 Å². The molecular formula is C20H21FN4O2. The van der Waals surface area contributed by atoms with Crippen LogP contribution in [0.1, 0.15) is 47.8 Å². The van der Waals surface area contributed by atoms with Gasteiger partial charge in [0, 0.05) is 37.0 Å². The van der Waals surface area contributed by atoms with Gasteiger partial charge in [-0.2, -0.15) is 5.10 Å². The number of hydrogen-bond acceptors (Lipinski definition) is 4. The van der Waals surface area contributed by atoms with E-state index < -0.39 is 0 Å². The summed E-state index contributed by atoms with van der Waals surface area (Å²) in [6, 6.07) is 7.56. The number of hydrogen-bond donors (Lipinski definition) is 0. The number of carbonyl (C=O) groups excluding carboxylic acids is 1. The molecule has 0 N–H and O–H groups in total. The van der Waals surface area contributed by atoms with Crippen LogP contribution in [0.3, 0.4) is 0 Å². The lowest BCUT2D eigenvalue weighted by Gasteiger charge is -2.28. The van der Waals surface area contributed by atoms with E-state index in [9.17, 15) is 9.18 Å². The predicted octanol–water partition coefficient (Wildman–Crippen LogP) is 3.97. The van der Waals surface area contributed by atoms with Crippen LogP contribution in [0.25, 0.3) is 11.3 Å². The molecule has 1 amide bonds. The van der Waals surface area contributed by atoms with Gasteiger partial charge in [-0.05, 0) is 37.1 Å². The summed E-state index contributed by atoms with van der Waals surface area (Å²) in [6.07, 6.45) is 7.80. The summed E-state index contributed by atoms with van der Waals surface area (Å²) in [5.41, 5.74) is 2.26. The van der Waals surface area contributed by atoms with E-state index in [-0.39, 0.29) is 23.5 Å². The minimum Gasteiger partial charge on any atom is -0.350 e. The van der Waals surface area contributed by atoms with E-state index in [0.717, 1.165) is 31.2 Å². The first kappa shape index (κ1) is 17.5. The number of aryl methyl sites for hydroxylation is 1. The summed E-state index contributed by atoms with van der Waals surface area (Å²) >= 11 is 0. The van der Waals surface area contributed by atoms with Gasteiger partial charge in [0.05, 0.1) is 12.2 Å². The highest BCUT2D eigenvalue weighted by Gasteiger charge is 2.30. The first-order valence-electron chi connectivity index (χ1n) is 9.14. The van der Waals surface area contributed by atoms with Gasteiger partial charge >= 0.3 is 0 Å². The van der Waals surface area contributed by atoms with E-state index in [4.69, 9.17) is 4.52 Å². The van der Waals surface area contributed by atoms with Gasteiger partial charge in [-0.15, -0.1) is 0 Å². The molecular weight excluding hydrogens is 347 g/mol. The largest absolute Gasteiger partial charge is 0.350 e. The number of likely N-dealkylation sites (tertiary alicyclic amines) is 1. The Hall–Kier alpha value is -2.96. The van der Waals surface area contributed by atoms with E-state index in [1.54, 1.807) is 22.9 Å². The van der Waals surface area contributed by atoms with Crippen molar-refractivity contribution in [3.05, 3.63) is 59.9 Å². The van der Waals surface area contributed by atoms with Crippen LogP contribution >= 0.6 is 0 Å². The number of carbonyl (C=O) groups is 1. The van der Waals surface area contributed by atoms with Crippen molar-refractivity contribution in [2.75, 3.05) is 6.54 Å². The van der Waals surface area contributed by atoms with E-state index in [2.05, 4.69) is 10.3 Å². The number of benzene rings is 1. The summed E-state index contributed by atoms with van der Waals surface area (Å²) < 4.78 is 20.2. The average Bonchev–Trinajstić information content (AvgIpc) is 3.25. The molecule has 3 aromatic rings. The van der Waals surface area contributed by atoms with Gasteiger partial charge in [-0.1, -0.05) is 18.0 Å². The highest BCUT2D eigenvalue weighted by atomic mass is 19.1. The maximum Gasteiger partial charge on any atom is 0.292 e. The molecule has 0 saturated carbocycles. The van der Waals surface area contributed by atoms with Crippen LogP contribution in [0.2, 0.25) is 0 Å². The van der Waals surface area contributed by atoms with E-state index in [1.165, 1.54) is 12.1 Å². The lowest BCUT2D eigenvalue weighted by molar-refractivity contribution is 0.0638. The first-order chi connectivity index (χ1) is 13.1. The molecule has 0 unspecified atom stereocenters. The summed E-state index contributed by atoms with van der Waals surface area (Å²) in [5.74, 6) is -0.292. The van der Waals surface area contributed by atoms with Crippen molar-refractivity contribution in [2.45, 2.75) is 31.7 Å². The first-order valence-corrected chi connectivity index (χ1v) is 9.14. The molecule has 2 aromatic heterocycles. The van der Waals surface area contributed by atoms with Crippen molar-refractivity contribution in [1.82, 2.24) is 19.8 Å². The maximum atomic E-state index is 13.1. The quantitative estimate of drug-likeness (QED) is 0.702. The number of rotatable bonds is 3. The molecule has 0 radical (unpaired) electrons. The van der Waals surface area contributed by atoms with Gasteiger partial charge in [0.2, 0.25) is 5.76 Å². The molecule has 1 aliphatic heterocycles. The zero-order valence-corrected chi connectivity index (χ0v) is 15.1. The number of nitrogens with zero attached hydrogens (tertiary/aromatic N) is 4. The Kier molecular flexibility index (Phi) is 4.75. The van der Waals surface area contributed by atoms with Gasteiger partial charge < -0.3 is 9.42 Å². The number of halogens is 1. The Morgan fingerprint density at radius 2 is 2.04 bits per heavy atom. The minimum absolute atomic E-state index is 0.0203. The molecule has 140 valence electrons. The third kappa shape index (κ3) is 3.63. The van der Waals surface area contributed by atoms with Crippen LogP contribution < -0.4 is 0 Å². The van der Waals surface area contributed by atoms with Crippen molar-refractivity contribution in [3.8, 4) is 11.3 Å². The monoisotopic (exact) mass is 368 g/mol. The second-order valence-corrected chi connectivity index (χ2v) is 6.89. The van der Waals surface area contributed by atoms with Crippen molar-refractivity contribution in [3.63, 3.8) is 0 Å². The molecule has 1 saturated heterocycles. The van der Waals surface area contributed by atoms with Gasteiger partial charge in [0.15, 0.2) is 0 Å². The normalized spacial score (nSPS) is 17.7.